The number of piperazine rings is 1. The number of aryl methyl sites for hydroxylation is 2. The Kier molecular flexibility index (Phi) is 6.46. The molecule has 2 aromatic rings. The number of rotatable bonds is 7. The van der Waals surface area contributed by atoms with Gasteiger partial charge in [0.15, 0.2) is 0 Å². The normalized spacial score (nSPS) is 19.2. The van der Waals surface area contributed by atoms with Crippen LogP contribution in [-0.4, -0.2) is 57.0 Å². The smallest absolute Gasteiger partial charge is 0.0537 e. The first-order chi connectivity index (χ1) is 12.6. The minimum atomic E-state index is 0.246. The van der Waals surface area contributed by atoms with Crippen molar-refractivity contribution in [3.8, 4) is 0 Å². The minimum Gasteiger partial charge on any atom is -0.396 e. The Morgan fingerprint density at radius 2 is 1.88 bits per heavy atom. The van der Waals surface area contributed by atoms with E-state index in [1.165, 1.54) is 22.4 Å². The largest absolute Gasteiger partial charge is 0.396 e. The summed E-state index contributed by atoms with van der Waals surface area (Å²) in [5, 5.41) is 14.0. The van der Waals surface area contributed by atoms with Gasteiger partial charge in [-0.25, -0.2) is 0 Å². The number of aliphatic hydroxyl groups excluding tert-OH is 1. The molecule has 1 aromatic carbocycles. The molecule has 0 amide bonds. The highest BCUT2D eigenvalue weighted by Crippen LogP contribution is 2.19. The molecule has 3 rings (SSSR count). The van der Waals surface area contributed by atoms with E-state index >= 15 is 0 Å². The van der Waals surface area contributed by atoms with E-state index in [0.717, 1.165) is 45.7 Å². The topological polar surface area (TPSA) is 44.5 Å². The second-order valence-corrected chi connectivity index (χ2v) is 7.43. The van der Waals surface area contributed by atoms with Gasteiger partial charge in [0.1, 0.15) is 0 Å². The minimum absolute atomic E-state index is 0.246. The van der Waals surface area contributed by atoms with Gasteiger partial charge in [0.05, 0.1) is 6.20 Å². The summed E-state index contributed by atoms with van der Waals surface area (Å²) >= 11 is 0. The first kappa shape index (κ1) is 19.1. The Balaban J connectivity index is 1.63. The highest BCUT2D eigenvalue weighted by molar-refractivity contribution is 5.21. The fourth-order valence-corrected chi connectivity index (χ4v) is 3.86. The van der Waals surface area contributed by atoms with Crippen LogP contribution in [0.5, 0.6) is 0 Å². The van der Waals surface area contributed by atoms with Crippen LogP contribution in [0.3, 0.4) is 0 Å². The van der Waals surface area contributed by atoms with Gasteiger partial charge in [-0.05, 0) is 32.8 Å². The maximum Gasteiger partial charge on any atom is 0.0537 e. The summed E-state index contributed by atoms with van der Waals surface area (Å²) in [6, 6.07) is 9.21. The predicted octanol–water partition coefficient (Wildman–Crippen LogP) is 2.59. The van der Waals surface area contributed by atoms with Gasteiger partial charge in [-0.3, -0.25) is 14.5 Å². The number of hydrogen-bond donors (Lipinski definition) is 1. The van der Waals surface area contributed by atoms with Gasteiger partial charge in [0, 0.05) is 63.2 Å². The highest BCUT2D eigenvalue weighted by Gasteiger charge is 2.27. The van der Waals surface area contributed by atoms with Gasteiger partial charge in [0.25, 0.3) is 0 Å². The van der Waals surface area contributed by atoms with Crippen LogP contribution < -0.4 is 0 Å². The molecule has 1 saturated heterocycles. The lowest BCUT2D eigenvalue weighted by Gasteiger charge is -2.41. The van der Waals surface area contributed by atoms with Gasteiger partial charge < -0.3 is 5.11 Å². The quantitative estimate of drug-likeness (QED) is 0.828. The van der Waals surface area contributed by atoms with E-state index in [1.54, 1.807) is 0 Å². The molecule has 5 nitrogen and oxygen atoms in total. The van der Waals surface area contributed by atoms with Crippen LogP contribution in [0.1, 0.15) is 35.7 Å². The summed E-state index contributed by atoms with van der Waals surface area (Å²) in [5.74, 6) is 0. The van der Waals surface area contributed by atoms with Gasteiger partial charge in [-0.1, -0.05) is 29.8 Å². The molecule has 2 heterocycles. The molecule has 26 heavy (non-hydrogen) atoms. The summed E-state index contributed by atoms with van der Waals surface area (Å²) in [6.45, 7) is 12.6. The number of aliphatic hydroxyl groups is 1. The van der Waals surface area contributed by atoms with Crippen LogP contribution in [0, 0.1) is 13.8 Å². The Morgan fingerprint density at radius 3 is 2.54 bits per heavy atom. The third-order valence-electron chi connectivity index (χ3n) is 5.56. The molecular formula is C21H32N4O. The van der Waals surface area contributed by atoms with Crippen molar-refractivity contribution in [1.82, 2.24) is 19.6 Å². The Morgan fingerprint density at radius 1 is 1.12 bits per heavy atom. The fraction of sp³-hybridized carbons (Fsp3) is 0.571. The molecule has 0 saturated carbocycles. The average Bonchev–Trinajstić information content (AvgIpc) is 2.99. The molecular weight excluding hydrogens is 324 g/mol. The molecule has 0 bridgehead atoms. The first-order valence-corrected chi connectivity index (χ1v) is 9.74. The fourth-order valence-electron chi connectivity index (χ4n) is 3.86. The highest BCUT2D eigenvalue weighted by atomic mass is 16.3. The number of benzene rings is 1. The third kappa shape index (κ3) is 4.53. The molecule has 1 atom stereocenters. The number of aromatic nitrogens is 2. The average molecular weight is 357 g/mol. The zero-order valence-electron chi connectivity index (χ0n) is 16.4. The van der Waals surface area contributed by atoms with Crippen molar-refractivity contribution in [2.24, 2.45) is 0 Å². The molecule has 0 radical (unpaired) electrons. The van der Waals surface area contributed by atoms with Crippen molar-refractivity contribution < 1.29 is 5.11 Å². The Labute approximate surface area is 157 Å². The van der Waals surface area contributed by atoms with E-state index in [9.17, 15) is 5.11 Å². The van der Waals surface area contributed by atoms with Crippen molar-refractivity contribution in [3.05, 3.63) is 52.8 Å². The lowest BCUT2D eigenvalue weighted by Crippen LogP contribution is -2.52. The third-order valence-corrected chi connectivity index (χ3v) is 5.56. The molecule has 142 valence electrons. The van der Waals surface area contributed by atoms with Gasteiger partial charge >= 0.3 is 0 Å². The van der Waals surface area contributed by atoms with E-state index in [2.05, 4.69) is 64.6 Å². The maximum absolute atomic E-state index is 9.54. The number of nitrogens with zero attached hydrogens (tertiary/aromatic N) is 4. The lowest BCUT2D eigenvalue weighted by atomic mass is 10.1. The maximum atomic E-state index is 9.54. The second-order valence-electron chi connectivity index (χ2n) is 7.43. The van der Waals surface area contributed by atoms with Crippen LogP contribution in [-0.2, 0) is 19.6 Å². The zero-order valence-corrected chi connectivity index (χ0v) is 16.4. The van der Waals surface area contributed by atoms with Gasteiger partial charge in [-0.2, -0.15) is 5.10 Å². The molecule has 0 spiro atoms. The zero-order chi connectivity index (χ0) is 18.5. The molecule has 5 heteroatoms. The van der Waals surface area contributed by atoms with Crippen molar-refractivity contribution >= 4 is 0 Å². The van der Waals surface area contributed by atoms with Crippen LogP contribution >= 0.6 is 0 Å². The molecule has 1 aromatic heterocycles. The van der Waals surface area contributed by atoms with E-state index in [-0.39, 0.29) is 6.61 Å². The summed E-state index contributed by atoms with van der Waals surface area (Å²) in [7, 11) is 0. The van der Waals surface area contributed by atoms with Crippen molar-refractivity contribution in [2.45, 2.75) is 52.9 Å². The molecule has 1 aliphatic heterocycles. The van der Waals surface area contributed by atoms with Crippen LogP contribution in [0.4, 0.5) is 0 Å². The monoisotopic (exact) mass is 356 g/mol. The molecule has 0 unspecified atom stereocenters. The lowest BCUT2D eigenvalue weighted by molar-refractivity contribution is 0.0499. The summed E-state index contributed by atoms with van der Waals surface area (Å²) in [6.07, 6.45) is 2.84. The Hall–Kier alpha value is -1.69. The van der Waals surface area contributed by atoms with E-state index in [1.807, 2.05) is 6.20 Å². The molecule has 0 aliphatic carbocycles. The van der Waals surface area contributed by atoms with Crippen molar-refractivity contribution in [2.75, 3.05) is 26.2 Å². The molecule has 1 N–H and O–H groups in total. The van der Waals surface area contributed by atoms with E-state index < -0.39 is 0 Å². The van der Waals surface area contributed by atoms with E-state index in [0.29, 0.717) is 6.04 Å². The second kappa shape index (κ2) is 8.80. The number of hydrogen-bond acceptors (Lipinski definition) is 4. The van der Waals surface area contributed by atoms with Crippen LogP contribution in [0.25, 0.3) is 0 Å². The van der Waals surface area contributed by atoms with Crippen LogP contribution in [0.15, 0.2) is 30.5 Å². The first-order valence-electron chi connectivity index (χ1n) is 9.74. The van der Waals surface area contributed by atoms with Gasteiger partial charge in [-0.15, -0.1) is 0 Å². The summed E-state index contributed by atoms with van der Waals surface area (Å²) in [5.41, 5.74) is 5.25. The Bertz CT molecular complexity index is 695. The summed E-state index contributed by atoms with van der Waals surface area (Å²) < 4.78 is 2.06. The van der Waals surface area contributed by atoms with Crippen molar-refractivity contribution in [1.29, 1.82) is 0 Å². The van der Waals surface area contributed by atoms with Gasteiger partial charge in [0.2, 0.25) is 0 Å². The van der Waals surface area contributed by atoms with E-state index in [4.69, 9.17) is 0 Å². The molecule has 1 fully saturated rings. The SMILES string of the molecule is CCn1ncc(CN2CCN(Cc3ccc(C)cc3)[C@H](CCO)C2)c1C. The van der Waals surface area contributed by atoms with Crippen molar-refractivity contribution in [3.63, 3.8) is 0 Å². The predicted molar refractivity (Wildman–Crippen MR) is 105 cm³/mol. The molecule has 1 aliphatic rings. The standard InChI is InChI=1S/C21H32N4O/c1-4-25-18(3)20(13-22-25)15-23-10-11-24(21(16-23)9-12-26)14-19-7-5-17(2)6-8-19/h5-8,13,21,26H,4,9-12,14-16H2,1-3H3/t21-/m1/s1. The summed E-state index contributed by atoms with van der Waals surface area (Å²) in [4.78, 5) is 5.04. The van der Waals surface area contributed by atoms with Crippen LogP contribution in [0.2, 0.25) is 0 Å².